The number of aliphatic hydroxyl groups is 8. The summed E-state index contributed by atoms with van der Waals surface area (Å²) in [7, 11) is 0. The molecule has 8 N–H and O–H groups in total. The molecule has 2 bridgehead atoms. The number of carbonyl (C=O) groups is 1. The number of ether oxygens (including phenoxy) is 7. The maximum atomic E-state index is 13.8. The second-order valence-electron chi connectivity index (χ2n) is 23.2. The number of aliphatic hydroxyl groups excluding tert-OH is 8. The van der Waals surface area contributed by atoms with Crippen LogP contribution in [0.1, 0.15) is 120 Å². The van der Waals surface area contributed by atoms with Crippen molar-refractivity contribution in [1.82, 2.24) is 0 Å². The van der Waals surface area contributed by atoms with Crippen LogP contribution in [0.2, 0.25) is 0 Å². The summed E-state index contributed by atoms with van der Waals surface area (Å²) in [6.45, 7) is 17.1. The van der Waals surface area contributed by atoms with E-state index in [1.54, 1.807) is 0 Å². The van der Waals surface area contributed by atoms with Gasteiger partial charge in [-0.3, -0.25) is 4.79 Å². The Hall–Kier alpha value is -1.09. The highest BCUT2D eigenvalue weighted by atomic mass is 16.8. The SMILES string of the molecule is C[C@@H]1O[C@@H](O[C@H]2[C@H](O[C@H]3[C@H](O[C@H]4CC[C@]5(C)[C@H]6CC[C@@H]7[C@@H]8[C@@H](C)[C@]9(C)CC[C@@]8(CC[C@@]7(C)[C@]6(C)CC[C@H]5C4(C)C)C(=O)O9)O[C@H](CO)[C@@H](O)[C@@H]3O)OC[C@H](O)[C@@H]2O)[C@H](O)[C@H](O)[C@H]1O. The van der Waals surface area contributed by atoms with Crippen LogP contribution in [0, 0.1) is 56.7 Å². The van der Waals surface area contributed by atoms with Gasteiger partial charge in [0, 0.05) is 0 Å². The lowest BCUT2D eigenvalue weighted by atomic mass is 9.30. The third-order valence-electron chi connectivity index (χ3n) is 20.3. The maximum absolute atomic E-state index is 13.8. The molecule has 16 nitrogen and oxygen atoms in total. The maximum Gasteiger partial charge on any atom is 0.312 e. The number of carbonyl (C=O) groups excluding carboxylic acids is 1. The molecule has 63 heavy (non-hydrogen) atoms. The van der Waals surface area contributed by atoms with Crippen molar-refractivity contribution in [3.8, 4) is 0 Å². The lowest BCUT2D eigenvalue weighted by Crippen LogP contribution is -2.72. The molecule has 16 heteroatoms. The summed E-state index contributed by atoms with van der Waals surface area (Å²) in [4.78, 5) is 13.8. The zero-order valence-corrected chi connectivity index (χ0v) is 38.4. The van der Waals surface area contributed by atoms with Gasteiger partial charge in [-0.25, -0.2) is 0 Å². The Balaban J connectivity index is 0.947. The Morgan fingerprint density at radius 1 is 0.635 bits per heavy atom. The van der Waals surface area contributed by atoms with Crippen LogP contribution >= 0.6 is 0 Å². The third-order valence-corrected chi connectivity index (χ3v) is 20.3. The zero-order valence-electron chi connectivity index (χ0n) is 38.4. The normalized spacial score (nSPS) is 58.8. The van der Waals surface area contributed by atoms with Gasteiger partial charge in [-0.15, -0.1) is 0 Å². The molecule has 10 rings (SSSR count). The standard InChI is InChI=1S/C47H76O16/c1-21-29-23-9-10-27-43(5)13-12-28(42(3,4)26(43)11-14-45(27,7)44(23,6)15-17-47(29)18-16-46(21,8)63-41(47)56)60-40-37(34(54)32(52)25(19-48)59-40)62-39-36(31(51)24(49)20-57-39)61-38-35(55)33(53)30(50)22(2)58-38/h21-40,48-55H,9-20H2,1-8H3/t21-,22+,23-,24+,25-,26+,27-,28+,29+,30+,31+,32-,33-,34+,35-,36-,37-,38+,39+,40+,43+,44-,45-,46+,47-/m1/s1. The molecule has 0 radical (unpaired) electrons. The van der Waals surface area contributed by atoms with Gasteiger partial charge in [0.1, 0.15) is 66.6 Å². The molecule has 10 aliphatic rings. The van der Waals surface area contributed by atoms with E-state index in [0.29, 0.717) is 30.1 Å². The highest BCUT2D eigenvalue weighted by Crippen LogP contribution is 2.78. The molecule has 5 saturated carbocycles. The van der Waals surface area contributed by atoms with Crippen molar-refractivity contribution in [3.63, 3.8) is 0 Å². The molecule has 0 aromatic heterocycles. The fourth-order valence-electron chi connectivity index (χ4n) is 16.2. The molecule has 5 aliphatic carbocycles. The second kappa shape index (κ2) is 16.0. The average molecular weight is 897 g/mol. The van der Waals surface area contributed by atoms with Gasteiger partial charge < -0.3 is 74.0 Å². The molecule has 25 atom stereocenters. The smallest absolute Gasteiger partial charge is 0.312 e. The fraction of sp³-hybridized carbons (Fsp3) is 0.979. The van der Waals surface area contributed by atoms with Gasteiger partial charge in [0.2, 0.25) is 0 Å². The average Bonchev–Trinajstić information content (AvgIpc) is 3.23. The Morgan fingerprint density at radius 3 is 2.02 bits per heavy atom. The minimum absolute atomic E-state index is 0.0153. The molecule has 0 amide bonds. The van der Waals surface area contributed by atoms with E-state index in [1.807, 2.05) is 0 Å². The first kappa shape index (κ1) is 47.0. The van der Waals surface area contributed by atoms with Gasteiger partial charge in [-0.1, -0.05) is 41.5 Å². The van der Waals surface area contributed by atoms with E-state index in [9.17, 15) is 45.6 Å². The van der Waals surface area contributed by atoms with Crippen molar-refractivity contribution >= 4 is 5.97 Å². The Bertz CT molecular complexity index is 1720. The molecule has 5 aliphatic heterocycles. The predicted octanol–water partition coefficient (Wildman–Crippen LogP) is 1.90. The first-order chi connectivity index (χ1) is 29.5. The summed E-state index contributed by atoms with van der Waals surface area (Å²) in [5, 5.41) is 86.1. The Morgan fingerprint density at radius 2 is 1.32 bits per heavy atom. The van der Waals surface area contributed by atoms with Crippen LogP contribution in [0.15, 0.2) is 0 Å². The largest absolute Gasteiger partial charge is 0.459 e. The van der Waals surface area contributed by atoms with Crippen LogP contribution in [0.25, 0.3) is 0 Å². The van der Waals surface area contributed by atoms with Crippen LogP contribution in [0.3, 0.4) is 0 Å². The van der Waals surface area contributed by atoms with Crippen molar-refractivity contribution < 1.29 is 78.8 Å². The Kier molecular flexibility index (Phi) is 11.9. The van der Waals surface area contributed by atoms with E-state index >= 15 is 0 Å². The summed E-state index contributed by atoms with van der Waals surface area (Å²) in [6.07, 6.45) is -11.5. The number of hydrogen-bond acceptors (Lipinski definition) is 16. The van der Waals surface area contributed by atoms with Crippen LogP contribution < -0.4 is 0 Å². The van der Waals surface area contributed by atoms with Gasteiger partial charge in [-0.05, 0) is 129 Å². The predicted molar refractivity (Wildman–Crippen MR) is 221 cm³/mol. The highest BCUT2D eigenvalue weighted by molar-refractivity contribution is 5.80. The topological polar surface area (TPSA) is 244 Å². The summed E-state index contributed by atoms with van der Waals surface area (Å²) in [5.41, 5.74) is -1.03. The lowest BCUT2D eigenvalue weighted by molar-refractivity contribution is -0.389. The van der Waals surface area contributed by atoms with Crippen LogP contribution in [-0.4, -0.2) is 158 Å². The van der Waals surface area contributed by atoms with Gasteiger partial charge in [0.15, 0.2) is 18.9 Å². The van der Waals surface area contributed by atoms with Crippen LogP contribution in [0.5, 0.6) is 0 Å². The molecule has 0 aromatic carbocycles. The van der Waals surface area contributed by atoms with Crippen molar-refractivity contribution in [2.45, 2.75) is 217 Å². The first-order valence-electron chi connectivity index (χ1n) is 24.0. The molecule has 360 valence electrons. The fourth-order valence-corrected chi connectivity index (χ4v) is 16.2. The quantitative estimate of drug-likeness (QED) is 0.134. The van der Waals surface area contributed by atoms with Gasteiger partial charge >= 0.3 is 5.97 Å². The first-order valence-corrected chi connectivity index (χ1v) is 24.0. The molecule has 10 fully saturated rings. The van der Waals surface area contributed by atoms with Gasteiger partial charge in [-0.2, -0.15) is 0 Å². The van der Waals surface area contributed by atoms with E-state index in [1.165, 1.54) is 6.92 Å². The Labute approximate surface area is 371 Å². The molecule has 5 heterocycles. The van der Waals surface area contributed by atoms with E-state index < -0.39 is 116 Å². The van der Waals surface area contributed by atoms with Crippen molar-refractivity contribution in [1.29, 1.82) is 0 Å². The monoisotopic (exact) mass is 897 g/mol. The van der Waals surface area contributed by atoms with Gasteiger partial charge in [0.05, 0.1) is 30.8 Å². The number of fused-ring (bicyclic) bond motifs is 7. The van der Waals surface area contributed by atoms with Crippen LogP contribution in [-0.2, 0) is 38.0 Å². The van der Waals surface area contributed by atoms with E-state index in [-0.39, 0.29) is 33.5 Å². The van der Waals surface area contributed by atoms with Crippen LogP contribution in [0.4, 0.5) is 0 Å². The molecule has 0 aromatic rings. The summed E-state index contributed by atoms with van der Waals surface area (Å²) < 4.78 is 43.0. The molecule has 1 spiro atoms. The molecular formula is C47H76O16. The summed E-state index contributed by atoms with van der Waals surface area (Å²) >= 11 is 0. The van der Waals surface area contributed by atoms with E-state index in [4.69, 9.17) is 33.2 Å². The number of esters is 1. The summed E-state index contributed by atoms with van der Waals surface area (Å²) in [6, 6.07) is 0. The molecular weight excluding hydrogens is 821 g/mol. The number of hydrogen-bond donors (Lipinski definition) is 8. The minimum Gasteiger partial charge on any atom is -0.459 e. The lowest BCUT2D eigenvalue weighted by Gasteiger charge is -2.75. The van der Waals surface area contributed by atoms with Gasteiger partial charge in [0.25, 0.3) is 0 Å². The van der Waals surface area contributed by atoms with Crippen molar-refractivity contribution in [2.75, 3.05) is 13.2 Å². The van der Waals surface area contributed by atoms with E-state index in [2.05, 4.69) is 48.5 Å². The second-order valence-corrected chi connectivity index (χ2v) is 23.2. The summed E-state index contributed by atoms with van der Waals surface area (Å²) in [5.74, 6) is 1.87. The molecule has 0 unspecified atom stereocenters. The van der Waals surface area contributed by atoms with Crippen molar-refractivity contribution in [3.05, 3.63) is 0 Å². The molecule has 5 saturated heterocycles. The third kappa shape index (κ3) is 6.75. The van der Waals surface area contributed by atoms with Crippen molar-refractivity contribution in [2.24, 2.45) is 56.7 Å². The number of rotatable bonds is 7. The minimum atomic E-state index is -1.74. The van der Waals surface area contributed by atoms with E-state index in [0.717, 1.165) is 57.8 Å². The zero-order chi connectivity index (χ0) is 45.6. The highest BCUT2D eigenvalue weighted by Gasteiger charge is 2.75.